The normalized spacial score (nSPS) is 12.3. The summed E-state index contributed by atoms with van der Waals surface area (Å²) in [6, 6.07) is 12.3. The molecule has 1 amide bonds. The van der Waals surface area contributed by atoms with Gasteiger partial charge in [-0.3, -0.25) is 4.79 Å². The first kappa shape index (κ1) is 17.0. The number of amides is 1. The third-order valence-electron chi connectivity index (χ3n) is 3.46. The topological polar surface area (TPSA) is 57.8 Å². The molecule has 4 nitrogen and oxygen atoms in total. The molecule has 0 aliphatic carbocycles. The third kappa shape index (κ3) is 3.96. The van der Waals surface area contributed by atoms with E-state index in [2.05, 4.69) is 31.2 Å². The van der Waals surface area contributed by atoms with Gasteiger partial charge in [-0.25, -0.2) is 9.37 Å². The smallest absolute Gasteiger partial charge is 0.234 e. The highest BCUT2D eigenvalue weighted by atomic mass is 79.9. The van der Waals surface area contributed by atoms with Crippen molar-refractivity contribution in [1.82, 2.24) is 9.97 Å². The number of benzene rings is 2. The van der Waals surface area contributed by atoms with Gasteiger partial charge in [-0.15, -0.1) is 11.8 Å². The van der Waals surface area contributed by atoms with Crippen LogP contribution < -0.4 is 5.32 Å². The second-order valence-corrected chi connectivity index (χ2v) is 7.51. The molecular formula is C17H15BrFN3OS. The number of rotatable bonds is 5. The highest BCUT2D eigenvalue weighted by Gasteiger charge is 2.14. The van der Waals surface area contributed by atoms with Crippen molar-refractivity contribution < 1.29 is 9.18 Å². The number of halogens is 2. The highest BCUT2D eigenvalue weighted by Crippen LogP contribution is 2.28. The van der Waals surface area contributed by atoms with E-state index in [9.17, 15) is 9.18 Å². The lowest BCUT2D eigenvalue weighted by Gasteiger charge is -2.09. The summed E-state index contributed by atoms with van der Waals surface area (Å²) in [5.74, 6) is 0.328. The minimum atomic E-state index is -0.465. The van der Waals surface area contributed by atoms with Crippen LogP contribution in [0, 0.1) is 5.82 Å². The molecular weight excluding hydrogens is 393 g/mol. The maximum atomic E-state index is 13.7. The molecule has 2 aromatic carbocycles. The number of nitrogens with zero attached hydrogens (tertiary/aromatic N) is 1. The third-order valence-corrected chi connectivity index (χ3v) is 5.11. The van der Waals surface area contributed by atoms with Gasteiger partial charge in [0.25, 0.3) is 0 Å². The molecule has 124 valence electrons. The number of hydrogen-bond donors (Lipinski definition) is 2. The number of aromatic amines is 1. The van der Waals surface area contributed by atoms with Gasteiger partial charge in [0.15, 0.2) is 0 Å². The van der Waals surface area contributed by atoms with E-state index in [0.717, 1.165) is 16.9 Å². The Morgan fingerprint density at radius 2 is 2.17 bits per heavy atom. The molecule has 1 atom stereocenters. The van der Waals surface area contributed by atoms with Crippen LogP contribution in [0.15, 0.2) is 46.9 Å². The van der Waals surface area contributed by atoms with E-state index in [1.54, 1.807) is 6.07 Å². The fourth-order valence-corrected chi connectivity index (χ4v) is 3.30. The van der Waals surface area contributed by atoms with Crippen molar-refractivity contribution >= 4 is 50.3 Å². The molecule has 24 heavy (non-hydrogen) atoms. The fourth-order valence-electron chi connectivity index (χ4n) is 2.22. The van der Waals surface area contributed by atoms with Crippen LogP contribution in [0.25, 0.3) is 11.0 Å². The summed E-state index contributed by atoms with van der Waals surface area (Å²) >= 11 is 4.63. The van der Waals surface area contributed by atoms with Gasteiger partial charge in [-0.1, -0.05) is 28.1 Å². The number of carbonyl (C=O) groups is 1. The molecule has 0 radical (unpaired) electrons. The van der Waals surface area contributed by atoms with Crippen LogP contribution in [0.3, 0.4) is 0 Å². The first-order chi connectivity index (χ1) is 11.5. The Morgan fingerprint density at radius 1 is 1.38 bits per heavy atom. The molecule has 7 heteroatoms. The van der Waals surface area contributed by atoms with Crippen molar-refractivity contribution in [2.45, 2.75) is 12.2 Å². The number of aromatic nitrogens is 2. The monoisotopic (exact) mass is 407 g/mol. The standard InChI is InChI=1S/C17H15BrFN3OS/c1-10(17-21-14-4-2-3-5-15(14)22-17)24-9-16(23)20-13-7-6-11(18)8-12(13)19/h2-8,10H,9H2,1H3,(H,20,23)(H,21,22). The zero-order valence-electron chi connectivity index (χ0n) is 12.8. The summed E-state index contributed by atoms with van der Waals surface area (Å²) in [6.07, 6.45) is 0. The van der Waals surface area contributed by atoms with Gasteiger partial charge in [-0.2, -0.15) is 0 Å². The Bertz CT molecular complexity index is 850. The van der Waals surface area contributed by atoms with Crippen LogP contribution >= 0.6 is 27.7 Å². The molecule has 0 aliphatic rings. The number of hydrogen-bond acceptors (Lipinski definition) is 3. The fraction of sp³-hybridized carbons (Fsp3) is 0.176. The number of para-hydroxylation sites is 2. The molecule has 0 spiro atoms. The summed E-state index contributed by atoms with van der Waals surface area (Å²) in [7, 11) is 0. The van der Waals surface area contributed by atoms with E-state index >= 15 is 0 Å². The summed E-state index contributed by atoms with van der Waals surface area (Å²) in [5.41, 5.74) is 2.06. The Morgan fingerprint density at radius 3 is 2.92 bits per heavy atom. The Balaban J connectivity index is 1.59. The maximum Gasteiger partial charge on any atom is 0.234 e. The lowest BCUT2D eigenvalue weighted by molar-refractivity contribution is -0.113. The van der Waals surface area contributed by atoms with E-state index in [4.69, 9.17) is 0 Å². The quantitative estimate of drug-likeness (QED) is 0.632. The lowest BCUT2D eigenvalue weighted by Crippen LogP contribution is -2.15. The second-order valence-electron chi connectivity index (χ2n) is 5.26. The molecule has 3 rings (SSSR count). The Hall–Kier alpha value is -1.86. The van der Waals surface area contributed by atoms with Crippen molar-refractivity contribution in [2.24, 2.45) is 0 Å². The highest BCUT2D eigenvalue weighted by molar-refractivity contribution is 9.10. The van der Waals surface area contributed by atoms with Crippen molar-refractivity contribution in [3.05, 3.63) is 58.6 Å². The molecule has 1 aromatic heterocycles. The number of nitrogens with one attached hydrogen (secondary N) is 2. The van der Waals surface area contributed by atoms with Gasteiger partial charge in [-0.05, 0) is 37.3 Å². The average Bonchev–Trinajstić information content (AvgIpc) is 2.99. The molecule has 0 fully saturated rings. The molecule has 1 unspecified atom stereocenters. The van der Waals surface area contributed by atoms with Gasteiger partial charge in [0.1, 0.15) is 11.6 Å². The summed E-state index contributed by atoms with van der Waals surface area (Å²) in [5, 5.41) is 2.61. The minimum absolute atomic E-state index is 0.0258. The zero-order chi connectivity index (χ0) is 17.1. The predicted molar refractivity (Wildman–Crippen MR) is 99.7 cm³/mol. The Kier molecular flexibility index (Phi) is 5.20. The van der Waals surface area contributed by atoms with E-state index in [1.165, 1.54) is 23.9 Å². The van der Waals surface area contributed by atoms with Crippen molar-refractivity contribution in [3.8, 4) is 0 Å². The molecule has 0 bridgehead atoms. The van der Waals surface area contributed by atoms with E-state index < -0.39 is 5.82 Å². The van der Waals surface area contributed by atoms with Crippen LogP contribution in [-0.4, -0.2) is 21.6 Å². The Labute approximate surface area is 151 Å². The van der Waals surface area contributed by atoms with Crippen molar-refractivity contribution in [2.75, 3.05) is 11.1 Å². The molecule has 0 saturated heterocycles. The van der Waals surface area contributed by atoms with Crippen molar-refractivity contribution in [1.29, 1.82) is 0 Å². The number of fused-ring (bicyclic) bond motifs is 1. The first-order valence-corrected chi connectivity index (χ1v) is 9.18. The van der Waals surface area contributed by atoms with Gasteiger partial charge in [0, 0.05) is 4.47 Å². The number of imidazole rings is 1. The van der Waals surface area contributed by atoms with Crippen LogP contribution in [-0.2, 0) is 4.79 Å². The number of thioether (sulfide) groups is 1. The van der Waals surface area contributed by atoms with Crippen LogP contribution in [0.5, 0.6) is 0 Å². The van der Waals surface area contributed by atoms with Gasteiger partial charge >= 0.3 is 0 Å². The maximum absolute atomic E-state index is 13.7. The summed E-state index contributed by atoms with van der Waals surface area (Å²) in [4.78, 5) is 19.8. The molecule has 1 heterocycles. The summed E-state index contributed by atoms with van der Waals surface area (Å²) < 4.78 is 14.4. The lowest BCUT2D eigenvalue weighted by atomic mass is 10.3. The van der Waals surface area contributed by atoms with E-state index in [-0.39, 0.29) is 22.6 Å². The zero-order valence-corrected chi connectivity index (χ0v) is 15.2. The number of anilines is 1. The molecule has 3 aromatic rings. The summed E-state index contributed by atoms with van der Waals surface area (Å²) in [6.45, 7) is 1.98. The largest absolute Gasteiger partial charge is 0.341 e. The van der Waals surface area contributed by atoms with Crippen LogP contribution in [0.2, 0.25) is 0 Å². The van der Waals surface area contributed by atoms with Crippen LogP contribution in [0.4, 0.5) is 10.1 Å². The van der Waals surface area contributed by atoms with Gasteiger partial charge < -0.3 is 10.3 Å². The number of H-pyrrole nitrogens is 1. The molecule has 2 N–H and O–H groups in total. The van der Waals surface area contributed by atoms with Crippen LogP contribution in [0.1, 0.15) is 18.0 Å². The SMILES string of the molecule is CC(SCC(=O)Nc1ccc(Br)cc1F)c1nc2ccccc2[nH]1. The minimum Gasteiger partial charge on any atom is -0.341 e. The first-order valence-electron chi connectivity index (χ1n) is 7.34. The molecule has 0 saturated carbocycles. The average molecular weight is 408 g/mol. The molecule has 0 aliphatic heterocycles. The second kappa shape index (κ2) is 7.36. The predicted octanol–water partition coefficient (Wildman–Crippen LogP) is 4.90. The number of carbonyl (C=O) groups excluding carboxylic acids is 1. The van der Waals surface area contributed by atoms with E-state index in [0.29, 0.717) is 4.47 Å². The van der Waals surface area contributed by atoms with E-state index in [1.807, 2.05) is 31.2 Å². The van der Waals surface area contributed by atoms with Gasteiger partial charge in [0.2, 0.25) is 5.91 Å². The van der Waals surface area contributed by atoms with Gasteiger partial charge in [0.05, 0.1) is 27.7 Å². The van der Waals surface area contributed by atoms with Crippen molar-refractivity contribution in [3.63, 3.8) is 0 Å².